The van der Waals surface area contributed by atoms with Gasteiger partial charge in [0.25, 0.3) is 0 Å². The number of nitrogens with one attached hydrogen (secondary N) is 2. The van der Waals surface area contributed by atoms with Crippen LogP contribution in [-0.4, -0.2) is 28.8 Å². The highest BCUT2D eigenvalue weighted by Gasteiger charge is 2.14. The minimum absolute atomic E-state index is 0. The van der Waals surface area contributed by atoms with Crippen LogP contribution >= 0.6 is 24.0 Å². The largest absolute Gasteiger partial charge is 0.489 e. The van der Waals surface area contributed by atoms with Gasteiger partial charge in [-0.15, -0.1) is 24.0 Å². The van der Waals surface area contributed by atoms with E-state index in [9.17, 15) is 0 Å². The molecule has 0 fully saturated rings. The second-order valence-electron chi connectivity index (χ2n) is 7.82. The van der Waals surface area contributed by atoms with Gasteiger partial charge in [0.2, 0.25) is 0 Å². The summed E-state index contributed by atoms with van der Waals surface area (Å²) < 4.78 is 7.88. The van der Waals surface area contributed by atoms with E-state index in [0.29, 0.717) is 13.2 Å². The predicted octanol–water partition coefficient (Wildman–Crippen LogP) is 4.53. The van der Waals surface area contributed by atoms with Gasteiger partial charge >= 0.3 is 0 Å². The Bertz CT molecular complexity index is 1020. The molecule has 3 aromatic rings. The highest BCUT2D eigenvalue weighted by Crippen LogP contribution is 2.16. The standard InChI is InChI=1S/C25H33N5O.HI/c1-18(15-24-19(2)29-30(5)20(24)3)28-25(26-4)27-16-21-11-9-10-12-22(21)17-31-23-13-7-6-8-14-23;/h6-14,18H,15-17H2,1-5H3,(H2,26,27,28);1H. The smallest absolute Gasteiger partial charge is 0.191 e. The van der Waals surface area contributed by atoms with Crippen molar-refractivity contribution in [1.82, 2.24) is 20.4 Å². The van der Waals surface area contributed by atoms with Gasteiger partial charge in [-0.2, -0.15) is 5.10 Å². The Labute approximate surface area is 208 Å². The number of aromatic nitrogens is 2. The molecular weight excluding hydrogens is 513 g/mol. The van der Waals surface area contributed by atoms with E-state index in [-0.39, 0.29) is 30.0 Å². The number of aryl methyl sites for hydroxylation is 2. The maximum Gasteiger partial charge on any atom is 0.191 e. The van der Waals surface area contributed by atoms with Crippen LogP contribution in [0, 0.1) is 13.8 Å². The van der Waals surface area contributed by atoms with Gasteiger partial charge in [0, 0.05) is 32.4 Å². The van der Waals surface area contributed by atoms with Crippen LogP contribution in [0.5, 0.6) is 5.75 Å². The molecular formula is C25H34IN5O. The van der Waals surface area contributed by atoms with Crippen LogP contribution in [0.3, 0.4) is 0 Å². The minimum Gasteiger partial charge on any atom is -0.489 e. The summed E-state index contributed by atoms with van der Waals surface area (Å²) in [5.41, 5.74) is 5.93. The van der Waals surface area contributed by atoms with Crippen LogP contribution in [0.2, 0.25) is 0 Å². The molecule has 0 spiro atoms. The van der Waals surface area contributed by atoms with Gasteiger partial charge in [-0.3, -0.25) is 9.67 Å². The Kier molecular flexibility index (Phi) is 10.0. The van der Waals surface area contributed by atoms with Crippen molar-refractivity contribution in [1.29, 1.82) is 0 Å². The fourth-order valence-corrected chi connectivity index (χ4v) is 3.63. The molecule has 0 saturated carbocycles. The summed E-state index contributed by atoms with van der Waals surface area (Å²) in [5, 5.41) is 11.5. The molecule has 1 heterocycles. The Balaban J connectivity index is 0.00000363. The van der Waals surface area contributed by atoms with E-state index >= 15 is 0 Å². The molecule has 172 valence electrons. The molecule has 6 nitrogen and oxygen atoms in total. The number of aliphatic imine (C=N–C) groups is 1. The topological polar surface area (TPSA) is 63.5 Å². The number of nitrogens with zero attached hydrogens (tertiary/aromatic N) is 3. The fraction of sp³-hybridized carbons (Fsp3) is 0.360. The predicted molar refractivity (Wildman–Crippen MR) is 142 cm³/mol. The number of hydrogen-bond acceptors (Lipinski definition) is 3. The summed E-state index contributed by atoms with van der Waals surface area (Å²) >= 11 is 0. The SMILES string of the molecule is CN=C(NCc1ccccc1COc1ccccc1)NC(C)Cc1c(C)nn(C)c1C.I. The van der Waals surface area contributed by atoms with Crippen LogP contribution in [0.4, 0.5) is 0 Å². The number of para-hydroxylation sites is 1. The van der Waals surface area contributed by atoms with E-state index in [4.69, 9.17) is 4.74 Å². The second-order valence-corrected chi connectivity index (χ2v) is 7.82. The Morgan fingerprint density at radius 2 is 1.72 bits per heavy atom. The zero-order valence-corrected chi connectivity index (χ0v) is 21.9. The molecule has 1 aromatic heterocycles. The van der Waals surface area contributed by atoms with E-state index in [1.54, 1.807) is 7.05 Å². The molecule has 0 saturated heterocycles. The van der Waals surface area contributed by atoms with Gasteiger partial charge < -0.3 is 15.4 Å². The summed E-state index contributed by atoms with van der Waals surface area (Å²) in [6.07, 6.45) is 0.897. The number of benzene rings is 2. The van der Waals surface area contributed by atoms with Gasteiger partial charge in [-0.25, -0.2) is 0 Å². The third-order valence-electron chi connectivity index (χ3n) is 5.48. The average molecular weight is 547 g/mol. The molecule has 0 aliphatic carbocycles. The van der Waals surface area contributed by atoms with Crippen molar-refractivity contribution in [3.8, 4) is 5.75 Å². The lowest BCUT2D eigenvalue weighted by atomic mass is 10.1. The van der Waals surface area contributed by atoms with Crippen molar-refractivity contribution in [3.63, 3.8) is 0 Å². The average Bonchev–Trinajstić information content (AvgIpc) is 3.02. The molecule has 0 radical (unpaired) electrons. The van der Waals surface area contributed by atoms with Gasteiger partial charge in [-0.05, 0) is 56.0 Å². The van der Waals surface area contributed by atoms with Crippen molar-refractivity contribution in [3.05, 3.63) is 82.7 Å². The Morgan fingerprint density at radius 3 is 2.34 bits per heavy atom. The molecule has 0 aliphatic heterocycles. The van der Waals surface area contributed by atoms with E-state index in [1.807, 2.05) is 48.1 Å². The van der Waals surface area contributed by atoms with Gasteiger partial charge in [0.1, 0.15) is 12.4 Å². The molecule has 0 amide bonds. The summed E-state index contributed by atoms with van der Waals surface area (Å²) in [6, 6.07) is 18.4. The molecule has 0 bridgehead atoms. The first-order valence-corrected chi connectivity index (χ1v) is 10.7. The monoisotopic (exact) mass is 547 g/mol. The first-order valence-electron chi connectivity index (χ1n) is 10.7. The van der Waals surface area contributed by atoms with E-state index in [1.165, 1.54) is 16.8 Å². The summed E-state index contributed by atoms with van der Waals surface area (Å²) in [5.74, 6) is 1.66. The fourth-order valence-electron chi connectivity index (χ4n) is 3.63. The molecule has 2 N–H and O–H groups in total. The van der Waals surface area contributed by atoms with Crippen molar-refractivity contribution < 1.29 is 4.74 Å². The third-order valence-corrected chi connectivity index (χ3v) is 5.48. The third kappa shape index (κ3) is 6.98. The van der Waals surface area contributed by atoms with Crippen LogP contribution in [0.1, 0.15) is 35.0 Å². The summed E-state index contributed by atoms with van der Waals surface area (Å²) in [4.78, 5) is 4.40. The number of guanidine groups is 1. The van der Waals surface area contributed by atoms with Crippen molar-refractivity contribution in [2.45, 2.75) is 46.4 Å². The zero-order valence-electron chi connectivity index (χ0n) is 19.6. The molecule has 32 heavy (non-hydrogen) atoms. The highest BCUT2D eigenvalue weighted by molar-refractivity contribution is 14.0. The Morgan fingerprint density at radius 1 is 1.06 bits per heavy atom. The first-order chi connectivity index (χ1) is 15.0. The van der Waals surface area contributed by atoms with E-state index in [2.05, 4.69) is 59.7 Å². The van der Waals surface area contributed by atoms with Crippen molar-refractivity contribution in [2.24, 2.45) is 12.0 Å². The van der Waals surface area contributed by atoms with Gasteiger partial charge in [0.05, 0.1) is 5.69 Å². The molecule has 3 rings (SSSR count). The second kappa shape index (κ2) is 12.5. The lowest BCUT2D eigenvalue weighted by Crippen LogP contribution is -2.42. The minimum atomic E-state index is 0. The van der Waals surface area contributed by atoms with Crippen LogP contribution < -0.4 is 15.4 Å². The van der Waals surface area contributed by atoms with Gasteiger partial charge in [0.15, 0.2) is 5.96 Å². The molecule has 2 aromatic carbocycles. The van der Waals surface area contributed by atoms with E-state index in [0.717, 1.165) is 29.4 Å². The zero-order chi connectivity index (χ0) is 22.2. The normalized spacial score (nSPS) is 12.1. The number of halogens is 1. The number of ether oxygens (including phenoxy) is 1. The maximum atomic E-state index is 5.94. The lowest BCUT2D eigenvalue weighted by molar-refractivity contribution is 0.305. The lowest BCUT2D eigenvalue weighted by Gasteiger charge is -2.19. The van der Waals surface area contributed by atoms with Gasteiger partial charge in [-0.1, -0.05) is 42.5 Å². The van der Waals surface area contributed by atoms with Crippen LogP contribution in [0.15, 0.2) is 59.6 Å². The van der Waals surface area contributed by atoms with E-state index < -0.39 is 0 Å². The van der Waals surface area contributed by atoms with Crippen molar-refractivity contribution in [2.75, 3.05) is 7.05 Å². The Hall–Kier alpha value is -2.55. The number of hydrogen-bond donors (Lipinski definition) is 2. The summed E-state index contributed by atoms with van der Waals surface area (Å²) in [6.45, 7) is 7.55. The van der Waals surface area contributed by atoms with Crippen molar-refractivity contribution >= 4 is 29.9 Å². The highest BCUT2D eigenvalue weighted by atomic mass is 127. The summed E-state index contributed by atoms with van der Waals surface area (Å²) in [7, 11) is 3.79. The number of rotatable bonds is 8. The quantitative estimate of drug-likeness (QED) is 0.247. The molecule has 7 heteroatoms. The molecule has 1 unspecified atom stereocenters. The van der Waals surface area contributed by atoms with Crippen LogP contribution in [-0.2, 0) is 26.6 Å². The van der Waals surface area contributed by atoms with Crippen LogP contribution in [0.25, 0.3) is 0 Å². The molecule has 0 aliphatic rings. The molecule has 1 atom stereocenters. The maximum absolute atomic E-state index is 5.94. The first kappa shape index (κ1) is 25.7.